The van der Waals surface area contributed by atoms with Crippen LogP contribution in [0.3, 0.4) is 0 Å². The summed E-state index contributed by atoms with van der Waals surface area (Å²) in [7, 11) is 1.73. The highest BCUT2D eigenvalue weighted by Gasteiger charge is 2.39. The molecule has 0 N–H and O–H groups in total. The maximum Gasteiger partial charge on any atom is 0.162 e. The fraction of sp³-hybridized carbons (Fsp3) is 0.667. The van der Waals surface area contributed by atoms with E-state index in [9.17, 15) is 0 Å². The molecule has 0 bridgehead atoms. The first-order chi connectivity index (χ1) is 8.07. The van der Waals surface area contributed by atoms with E-state index in [1.54, 1.807) is 13.3 Å². The molecular weight excluding hydrogens is 304 g/mol. The van der Waals surface area contributed by atoms with E-state index in [1.165, 1.54) is 6.42 Å². The first-order valence-electron chi connectivity index (χ1n) is 5.81. The lowest BCUT2D eigenvalue weighted by molar-refractivity contribution is -0.0646. The molecular formula is C12H16BrClN2O. The third-order valence-corrected chi connectivity index (χ3v) is 4.55. The fourth-order valence-electron chi connectivity index (χ4n) is 2.55. The van der Waals surface area contributed by atoms with Gasteiger partial charge in [-0.2, -0.15) is 0 Å². The van der Waals surface area contributed by atoms with Crippen molar-refractivity contribution < 1.29 is 4.74 Å². The molecule has 0 aliphatic heterocycles. The van der Waals surface area contributed by atoms with Crippen molar-refractivity contribution in [1.29, 1.82) is 0 Å². The molecule has 3 nitrogen and oxygen atoms in total. The molecule has 2 rings (SSSR count). The first-order valence-corrected chi connectivity index (χ1v) is 6.98. The second-order valence-electron chi connectivity index (χ2n) is 4.73. The van der Waals surface area contributed by atoms with Crippen LogP contribution in [0.2, 0.25) is 5.15 Å². The molecule has 5 heteroatoms. The minimum absolute atomic E-state index is 0.359. The van der Waals surface area contributed by atoms with Gasteiger partial charge in [0.05, 0.1) is 4.47 Å². The number of aromatic nitrogens is 2. The van der Waals surface area contributed by atoms with Crippen LogP contribution in [0.15, 0.2) is 10.7 Å². The molecule has 0 saturated heterocycles. The molecule has 1 fully saturated rings. The number of rotatable bonds is 2. The van der Waals surface area contributed by atoms with Crippen molar-refractivity contribution >= 4 is 27.5 Å². The van der Waals surface area contributed by atoms with Crippen LogP contribution in [-0.4, -0.2) is 17.1 Å². The van der Waals surface area contributed by atoms with Gasteiger partial charge in [0, 0.05) is 13.3 Å². The van der Waals surface area contributed by atoms with E-state index in [2.05, 4.69) is 32.8 Å². The smallest absolute Gasteiger partial charge is 0.162 e. The van der Waals surface area contributed by atoms with Gasteiger partial charge in [0.2, 0.25) is 0 Å². The van der Waals surface area contributed by atoms with E-state index < -0.39 is 0 Å². The molecule has 1 aromatic heterocycles. The maximum absolute atomic E-state index is 6.03. The Morgan fingerprint density at radius 2 is 2.35 bits per heavy atom. The summed E-state index contributed by atoms with van der Waals surface area (Å²) in [5, 5.41) is 0.449. The van der Waals surface area contributed by atoms with Crippen molar-refractivity contribution in [1.82, 2.24) is 9.97 Å². The van der Waals surface area contributed by atoms with Crippen molar-refractivity contribution in [3.05, 3.63) is 21.6 Å². The number of nitrogens with zero attached hydrogens (tertiary/aromatic N) is 2. The van der Waals surface area contributed by atoms with E-state index in [-0.39, 0.29) is 5.60 Å². The Morgan fingerprint density at radius 3 is 2.94 bits per heavy atom. The molecule has 0 amide bonds. The minimum atomic E-state index is -0.359. The van der Waals surface area contributed by atoms with Crippen LogP contribution in [0, 0.1) is 5.92 Å². The van der Waals surface area contributed by atoms with Crippen LogP contribution >= 0.6 is 27.5 Å². The molecule has 0 radical (unpaired) electrons. The van der Waals surface area contributed by atoms with Crippen LogP contribution in [0.1, 0.15) is 38.4 Å². The molecule has 1 saturated carbocycles. The Bertz CT molecular complexity index is 415. The summed E-state index contributed by atoms with van der Waals surface area (Å²) in [4.78, 5) is 8.73. The molecule has 1 aliphatic rings. The van der Waals surface area contributed by atoms with Gasteiger partial charge in [-0.1, -0.05) is 24.9 Å². The Labute approximate surface area is 115 Å². The number of methoxy groups -OCH3 is 1. The molecule has 1 aromatic rings. The number of ether oxygens (including phenoxy) is 1. The van der Waals surface area contributed by atoms with E-state index >= 15 is 0 Å². The summed E-state index contributed by atoms with van der Waals surface area (Å²) in [5.74, 6) is 1.34. The van der Waals surface area contributed by atoms with Crippen LogP contribution in [0.4, 0.5) is 0 Å². The molecule has 2 unspecified atom stereocenters. The molecule has 1 aliphatic carbocycles. The van der Waals surface area contributed by atoms with Gasteiger partial charge in [0.25, 0.3) is 0 Å². The third-order valence-electron chi connectivity index (χ3n) is 3.46. The standard InChI is InChI=1S/C12H16BrClN2O/c1-8-4-3-5-12(6-8,17-2)11-15-7-9(13)10(14)16-11/h7-8H,3-6H2,1-2H3. The van der Waals surface area contributed by atoms with E-state index in [4.69, 9.17) is 16.3 Å². The maximum atomic E-state index is 6.03. The SMILES string of the molecule is COC1(c2ncc(Br)c(Cl)n2)CCCC(C)C1. The van der Waals surface area contributed by atoms with E-state index in [0.29, 0.717) is 16.9 Å². The Morgan fingerprint density at radius 1 is 1.59 bits per heavy atom. The lowest BCUT2D eigenvalue weighted by Gasteiger charge is -2.37. The average Bonchev–Trinajstić information content (AvgIpc) is 2.32. The Balaban J connectivity index is 2.36. The largest absolute Gasteiger partial charge is 0.370 e. The van der Waals surface area contributed by atoms with Gasteiger partial charge in [-0.25, -0.2) is 9.97 Å². The summed E-state index contributed by atoms with van der Waals surface area (Å²) >= 11 is 9.34. The lowest BCUT2D eigenvalue weighted by atomic mass is 9.78. The van der Waals surface area contributed by atoms with Gasteiger partial charge in [-0.3, -0.25) is 0 Å². The first kappa shape index (κ1) is 13.2. The van der Waals surface area contributed by atoms with Gasteiger partial charge in [-0.05, 0) is 41.1 Å². The lowest BCUT2D eigenvalue weighted by Crippen LogP contribution is -2.36. The van der Waals surface area contributed by atoms with Crippen molar-refractivity contribution in [3.8, 4) is 0 Å². The molecule has 1 heterocycles. The Hall–Kier alpha value is -0.190. The van der Waals surface area contributed by atoms with Gasteiger partial charge in [-0.15, -0.1) is 0 Å². The summed E-state index contributed by atoms with van der Waals surface area (Å²) in [6, 6.07) is 0. The zero-order valence-electron chi connectivity index (χ0n) is 10.0. The highest BCUT2D eigenvalue weighted by molar-refractivity contribution is 9.10. The quantitative estimate of drug-likeness (QED) is 0.774. The van der Waals surface area contributed by atoms with Crippen LogP contribution in [0.25, 0.3) is 0 Å². The molecule has 17 heavy (non-hydrogen) atoms. The normalized spacial score (nSPS) is 29.3. The average molecular weight is 320 g/mol. The second-order valence-corrected chi connectivity index (χ2v) is 5.94. The summed E-state index contributed by atoms with van der Waals surface area (Å²) in [5.41, 5.74) is -0.359. The predicted octanol–water partition coefficient (Wildman–Crippen LogP) is 3.94. The zero-order valence-corrected chi connectivity index (χ0v) is 12.4. The van der Waals surface area contributed by atoms with Crippen molar-refractivity contribution in [3.63, 3.8) is 0 Å². The third kappa shape index (κ3) is 2.64. The van der Waals surface area contributed by atoms with Crippen LogP contribution in [-0.2, 0) is 10.3 Å². The van der Waals surface area contributed by atoms with Crippen molar-refractivity contribution in [2.75, 3.05) is 7.11 Å². The van der Waals surface area contributed by atoms with Crippen molar-refractivity contribution in [2.45, 2.75) is 38.2 Å². The number of halogens is 2. The highest BCUT2D eigenvalue weighted by atomic mass is 79.9. The van der Waals surface area contributed by atoms with Crippen LogP contribution in [0.5, 0.6) is 0 Å². The topological polar surface area (TPSA) is 35.0 Å². The van der Waals surface area contributed by atoms with E-state index in [0.717, 1.165) is 23.7 Å². The highest BCUT2D eigenvalue weighted by Crippen LogP contribution is 2.41. The summed E-state index contributed by atoms with van der Waals surface area (Å²) in [6.45, 7) is 2.24. The second kappa shape index (κ2) is 5.21. The molecule has 94 valence electrons. The predicted molar refractivity (Wildman–Crippen MR) is 71.1 cm³/mol. The monoisotopic (exact) mass is 318 g/mol. The van der Waals surface area contributed by atoms with Crippen LogP contribution < -0.4 is 0 Å². The van der Waals surface area contributed by atoms with Gasteiger partial charge in [0.15, 0.2) is 5.82 Å². The number of hydrogen-bond donors (Lipinski definition) is 0. The molecule has 0 spiro atoms. The Kier molecular flexibility index (Phi) is 4.06. The van der Waals surface area contributed by atoms with Gasteiger partial charge >= 0.3 is 0 Å². The summed E-state index contributed by atoms with van der Waals surface area (Å²) < 4.78 is 6.45. The number of hydrogen-bond acceptors (Lipinski definition) is 3. The van der Waals surface area contributed by atoms with E-state index in [1.807, 2.05) is 0 Å². The van der Waals surface area contributed by atoms with Gasteiger partial charge in [0.1, 0.15) is 10.8 Å². The molecule has 0 aromatic carbocycles. The minimum Gasteiger partial charge on any atom is -0.370 e. The summed E-state index contributed by atoms with van der Waals surface area (Å²) in [6.07, 6.45) is 6.01. The fourth-order valence-corrected chi connectivity index (χ4v) is 2.87. The molecule has 2 atom stereocenters. The van der Waals surface area contributed by atoms with Gasteiger partial charge < -0.3 is 4.74 Å². The van der Waals surface area contributed by atoms with Crippen molar-refractivity contribution in [2.24, 2.45) is 5.92 Å². The zero-order chi connectivity index (χ0) is 12.5.